The summed E-state index contributed by atoms with van der Waals surface area (Å²) in [5.74, 6) is 0.878. The molecule has 0 spiro atoms. The molecule has 0 atom stereocenters. The number of hydrogen-bond acceptors (Lipinski definition) is 4. The van der Waals surface area contributed by atoms with Gasteiger partial charge in [-0.2, -0.15) is 0 Å². The van der Waals surface area contributed by atoms with Crippen LogP contribution >= 0.6 is 27.3 Å². The Bertz CT molecular complexity index is 480. The first kappa shape index (κ1) is 12.8. The summed E-state index contributed by atoms with van der Waals surface area (Å²) in [6.07, 6.45) is 1.70. The van der Waals surface area contributed by atoms with Gasteiger partial charge in [0.05, 0.1) is 16.6 Å². The largest absolute Gasteiger partial charge is 0.468 e. The van der Waals surface area contributed by atoms with Gasteiger partial charge in [-0.1, -0.05) is 0 Å². The Kier molecular flexibility index (Phi) is 4.39. The highest BCUT2D eigenvalue weighted by atomic mass is 79.9. The van der Waals surface area contributed by atoms with E-state index < -0.39 is 0 Å². The SMILES string of the molecule is CN(Cc1csc(Br)c1)Cc1ccoc1CN. The molecule has 92 valence electrons. The first-order chi connectivity index (χ1) is 8.19. The quantitative estimate of drug-likeness (QED) is 0.921. The van der Waals surface area contributed by atoms with Crippen LogP contribution in [-0.4, -0.2) is 11.9 Å². The van der Waals surface area contributed by atoms with Gasteiger partial charge in [-0.15, -0.1) is 11.3 Å². The van der Waals surface area contributed by atoms with E-state index in [1.54, 1.807) is 17.6 Å². The smallest absolute Gasteiger partial charge is 0.121 e. The first-order valence-electron chi connectivity index (χ1n) is 5.36. The van der Waals surface area contributed by atoms with E-state index in [9.17, 15) is 0 Å². The average Bonchev–Trinajstić information content (AvgIpc) is 2.87. The van der Waals surface area contributed by atoms with Gasteiger partial charge in [-0.25, -0.2) is 0 Å². The van der Waals surface area contributed by atoms with Gasteiger partial charge < -0.3 is 10.2 Å². The lowest BCUT2D eigenvalue weighted by atomic mass is 10.2. The van der Waals surface area contributed by atoms with Gasteiger partial charge in [0, 0.05) is 18.7 Å². The molecule has 0 bridgehead atoms. The zero-order valence-electron chi connectivity index (χ0n) is 9.65. The molecule has 0 radical (unpaired) electrons. The molecule has 2 aromatic rings. The van der Waals surface area contributed by atoms with E-state index in [1.807, 2.05) is 6.07 Å². The lowest BCUT2D eigenvalue weighted by molar-refractivity contribution is 0.316. The molecule has 5 heteroatoms. The van der Waals surface area contributed by atoms with Crippen molar-refractivity contribution in [2.24, 2.45) is 5.73 Å². The van der Waals surface area contributed by atoms with Crippen molar-refractivity contribution in [2.75, 3.05) is 7.05 Å². The van der Waals surface area contributed by atoms with Gasteiger partial charge in [-0.3, -0.25) is 4.90 Å². The molecule has 0 aromatic carbocycles. The van der Waals surface area contributed by atoms with E-state index in [0.29, 0.717) is 6.54 Å². The molecule has 0 aliphatic heterocycles. The van der Waals surface area contributed by atoms with Crippen molar-refractivity contribution < 1.29 is 4.42 Å². The predicted molar refractivity (Wildman–Crippen MR) is 73.8 cm³/mol. The van der Waals surface area contributed by atoms with Crippen LogP contribution in [0.2, 0.25) is 0 Å². The summed E-state index contributed by atoms with van der Waals surface area (Å²) in [6.45, 7) is 2.24. The summed E-state index contributed by atoms with van der Waals surface area (Å²) < 4.78 is 6.48. The van der Waals surface area contributed by atoms with Gasteiger partial charge >= 0.3 is 0 Å². The van der Waals surface area contributed by atoms with E-state index in [4.69, 9.17) is 10.2 Å². The number of nitrogens with zero attached hydrogens (tertiary/aromatic N) is 1. The molecule has 0 fully saturated rings. The monoisotopic (exact) mass is 314 g/mol. The number of thiophene rings is 1. The molecule has 0 saturated carbocycles. The standard InChI is InChI=1S/C12H15BrN2OS/c1-15(6-9-4-12(13)17-8-9)7-10-2-3-16-11(10)5-14/h2-4,8H,5-7,14H2,1H3. The van der Waals surface area contributed by atoms with Gasteiger partial charge in [0.2, 0.25) is 0 Å². The first-order valence-corrected chi connectivity index (χ1v) is 7.03. The van der Waals surface area contributed by atoms with Crippen LogP contribution in [0.3, 0.4) is 0 Å². The molecule has 0 aliphatic rings. The van der Waals surface area contributed by atoms with Crippen LogP contribution in [-0.2, 0) is 19.6 Å². The Morgan fingerprint density at radius 2 is 2.29 bits per heavy atom. The molecular formula is C12H15BrN2OS. The molecule has 2 aromatic heterocycles. The van der Waals surface area contributed by atoms with Crippen molar-refractivity contribution >= 4 is 27.3 Å². The van der Waals surface area contributed by atoms with Crippen molar-refractivity contribution in [3.8, 4) is 0 Å². The van der Waals surface area contributed by atoms with E-state index in [-0.39, 0.29) is 0 Å². The van der Waals surface area contributed by atoms with E-state index in [2.05, 4.69) is 39.3 Å². The number of hydrogen-bond donors (Lipinski definition) is 1. The van der Waals surface area contributed by atoms with Crippen LogP contribution in [0, 0.1) is 0 Å². The molecule has 2 rings (SSSR count). The zero-order chi connectivity index (χ0) is 12.3. The molecule has 17 heavy (non-hydrogen) atoms. The van der Waals surface area contributed by atoms with Crippen LogP contribution in [0.5, 0.6) is 0 Å². The second-order valence-electron chi connectivity index (χ2n) is 4.00. The Hall–Kier alpha value is -0.620. The molecule has 0 unspecified atom stereocenters. The van der Waals surface area contributed by atoms with Crippen LogP contribution < -0.4 is 5.73 Å². The lowest BCUT2D eigenvalue weighted by Gasteiger charge is -2.15. The van der Waals surface area contributed by atoms with Gasteiger partial charge in [0.25, 0.3) is 0 Å². The highest BCUT2D eigenvalue weighted by Gasteiger charge is 2.08. The van der Waals surface area contributed by atoms with E-state index in [0.717, 1.165) is 18.8 Å². The second kappa shape index (κ2) is 5.82. The fourth-order valence-electron chi connectivity index (χ4n) is 1.77. The summed E-state index contributed by atoms with van der Waals surface area (Å²) in [5.41, 5.74) is 8.10. The Morgan fingerprint density at radius 3 is 2.94 bits per heavy atom. The number of nitrogens with two attached hydrogens (primary N) is 1. The van der Waals surface area contributed by atoms with Crippen molar-refractivity contribution in [2.45, 2.75) is 19.6 Å². The maximum Gasteiger partial charge on any atom is 0.121 e. The topological polar surface area (TPSA) is 42.4 Å². The summed E-state index contributed by atoms with van der Waals surface area (Å²) in [5, 5.41) is 2.17. The van der Waals surface area contributed by atoms with Gasteiger partial charge in [0.1, 0.15) is 5.76 Å². The summed E-state index contributed by atoms with van der Waals surface area (Å²) in [7, 11) is 2.10. The molecule has 0 amide bonds. The van der Waals surface area contributed by atoms with Crippen LogP contribution in [0.25, 0.3) is 0 Å². The van der Waals surface area contributed by atoms with E-state index in [1.165, 1.54) is 14.9 Å². The van der Waals surface area contributed by atoms with Crippen LogP contribution in [0.1, 0.15) is 16.9 Å². The van der Waals surface area contributed by atoms with Crippen molar-refractivity contribution in [3.63, 3.8) is 0 Å². The van der Waals surface area contributed by atoms with Crippen molar-refractivity contribution in [3.05, 3.63) is 44.4 Å². The van der Waals surface area contributed by atoms with Crippen molar-refractivity contribution in [1.82, 2.24) is 4.90 Å². The number of halogens is 1. The van der Waals surface area contributed by atoms with E-state index >= 15 is 0 Å². The molecule has 3 nitrogen and oxygen atoms in total. The predicted octanol–water partition coefficient (Wildman–Crippen LogP) is 3.19. The summed E-state index contributed by atoms with van der Waals surface area (Å²) >= 11 is 5.19. The van der Waals surface area contributed by atoms with Gasteiger partial charge in [0.15, 0.2) is 0 Å². The molecule has 2 N–H and O–H groups in total. The third-order valence-corrected chi connectivity index (χ3v) is 4.09. The molecule has 0 aliphatic carbocycles. The van der Waals surface area contributed by atoms with Gasteiger partial charge in [-0.05, 0) is 46.1 Å². The number of furan rings is 1. The third kappa shape index (κ3) is 3.42. The lowest BCUT2D eigenvalue weighted by Crippen LogP contribution is -2.17. The minimum atomic E-state index is 0.459. The fourth-order valence-corrected chi connectivity index (χ4v) is 2.97. The Labute approximate surface area is 113 Å². The molecule has 2 heterocycles. The van der Waals surface area contributed by atoms with Crippen LogP contribution in [0.15, 0.2) is 32.0 Å². The normalized spacial score (nSPS) is 11.3. The minimum Gasteiger partial charge on any atom is -0.468 e. The Morgan fingerprint density at radius 1 is 1.47 bits per heavy atom. The van der Waals surface area contributed by atoms with Crippen molar-refractivity contribution in [1.29, 1.82) is 0 Å². The maximum atomic E-state index is 5.61. The number of rotatable bonds is 5. The maximum absolute atomic E-state index is 5.61. The Balaban J connectivity index is 1.95. The average molecular weight is 315 g/mol. The molecule has 0 saturated heterocycles. The van der Waals surface area contributed by atoms with Crippen LogP contribution in [0.4, 0.5) is 0 Å². The summed E-state index contributed by atoms with van der Waals surface area (Å²) in [6, 6.07) is 4.14. The second-order valence-corrected chi connectivity index (χ2v) is 6.29. The molecular weight excluding hydrogens is 300 g/mol. The fraction of sp³-hybridized carbons (Fsp3) is 0.333. The minimum absolute atomic E-state index is 0.459. The highest BCUT2D eigenvalue weighted by Crippen LogP contribution is 2.22. The summed E-state index contributed by atoms with van der Waals surface area (Å²) in [4.78, 5) is 2.25. The zero-order valence-corrected chi connectivity index (χ0v) is 12.1. The third-order valence-electron chi connectivity index (χ3n) is 2.54. The highest BCUT2D eigenvalue weighted by molar-refractivity contribution is 9.11.